The first-order chi connectivity index (χ1) is 8.77. The van der Waals surface area contributed by atoms with E-state index in [2.05, 4.69) is 9.97 Å². The maximum atomic E-state index is 12.7. The number of carbonyl (C=O) groups is 1. The third kappa shape index (κ3) is 3.02. The number of nitrogens with zero attached hydrogens (tertiary/aromatic N) is 3. The number of Topliss-reactive ketones (excluding diaryl/α,β-unsaturated/α-hetero) is 1. The van der Waals surface area contributed by atoms with Gasteiger partial charge in [0.2, 0.25) is 0 Å². The predicted molar refractivity (Wildman–Crippen MR) is 62.8 cm³/mol. The zero-order valence-electron chi connectivity index (χ0n) is 10.7. The summed E-state index contributed by atoms with van der Waals surface area (Å²) in [6.07, 6.45) is -3.83. The van der Waals surface area contributed by atoms with Gasteiger partial charge in [-0.15, -0.1) is 0 Å². The van der Waals surface area contributed by atoms with Crippen LogP contribution in [-0.2, 0) is 11.0 Å². The Kier molecular flexibility index (Phi) is 3.47. The van der Waals surface area contributed by atoms with Crippen LogP contribution in [0.15, 0.2) is 6.07 Å². The minimum Gasteiger partial charge on any atom is -0.356 e. The van der Waals surface area contributed by atoms with Crippen molar-refractivity contribution in [1.82, 2.24) is 9.97 Å². The summed E-state index contributed by atoms with van der Waals surface area (Å²) < 4.78 is 38.0. The van der Waals surface area contributed by atoms with Crippen LogP contribution in [0.4, 0.5) is 19.0 Å². The average molecular weight is 273 g/mol. The number of hydrogen-bond acceptors (Lipinski definition) is 4. The molecule has 1 aromatic heterocycles. The van der Waals surface area contributed by atoms with Gasteiger partial charge in [-0.3, -0.25) is 4.79 Å². The summed E-state index contributed by atoms with van der Waals surface area (Å²) in [4.78, 5) is 20.4. The van der Waals surface area contributed by atoms with Crippen LogP contribution in [0.3, 0.4) is 0 Å². The summed E-state index contributed by atoms with van der Waals surface area (Å²) in [5, 5.41) is 0. The number of rotatable bonds is 2. The molecule has 19 heavy (non-hydrogen) atoms. The van der Waals surface area contributed by atoms with Gasteiger partial charge in [0.1, 0.15) is 23.1 Å². The highest BCUT2D eigenvalue weighted by molar-refractivity contribution is 5.79. The van der Waals surface area contributed by atoms with Gasteiger partial charge in [-0.25, -0.2) is 9.97 Å². The largest absolute Gasteiger partial charge is 0.433 e. The highest BCUT2D eigenvalue weighted by Crippen LogP contribution is 2.31. The Morgan fingerprint density at radius 2 is 2.11 bits per heavy atom. The summed E-state index contributed by atoms with van der Waals surface area (Å²) in [6.45, 7) is 3.89. The zero-order valence-corrected chi connectivity index (χ0v) is 10.7. The molecule has 0 bridgehead atoms. The molecule has 0 radical (unpaired) electrons. The summed E-state index contributed by atoms with van der Waals surface area (Å²) in [5.41, 5.74) is -0.943. The van der Waals surface area contributed by atoms with Gasteiger partial charge in [-0.05, 0) is 20.3 Å². The van der Waals surface area contributed by atoms with Crippen LogP contribution < -0.4 is 4.90 Å². The van der Waals surface area contributed by atoms with Crippen molar-refractivity contribution in [2.24, 2.45) is 5.92 Å². The van der Waals surface area contributed by atoms with Crippen molar-refractivity contribution in [1.29, 1.82) is 0 Å². The lowest BCUT2D eigenvalue weighted by Gasteiger charge is -2.18. The molecule has 1 aromatic rings. The molecule has 1 atom stereocenters. The summed E-state index contributed by atoms with van der Waals surface area (Å²) in [7, 11) is 0. The Morgan fingerprint density at radius 1 is 1.42 bits per heavy atom. The molecule has 1 aliphatic heterocycles. The second kappa shape index (κ2) is 4.79. The Labute approximate surface area is 108 Å². The Bertz CT molecular complexity index is 501. The van der Waals surface area contributed by atoms with Crippen LogP contribution in [0.25, 0.3) is 0 Å². The lowest BCUT2D eigenvalue weighted by molar-refractivity contribution is -0.141. The monoisotopic (exact) mass is 273 g/mol. The van der Waals surface area contributed by atoms with Crippen molar-refractivity contribution in [2.45, 2.75) is 26.4 Å². The average Bonchev–Trinajstić information content (AvgIpc) is 2.76. The molecule has 0 aromatic carbocycles. The fourth-order valence-electron chi connectivity index (χ4n) is 2.16. The van der Waals surface area contributed by atoms with Gasteiger partial charge in [0, 0.05) is 25.1 Å². The molecule has 104 valence electrons. The van der Waals surface area contributed by atoms with Crippen LogP contribution in [0.1, 0.15) is 24.9 Å². The minimum atomic E-state index is -4.48. The van der Waals surface area contributed by atoms with Crippen LogP contribution in [0.2, 0.25) is 0 Å². The Balaban J connectivity index is 2.26. The lowest BCUT2D eigenvalue weighted by atomic mass is 10.1. The summed E-state index contributed by atoms with van der Waals surface area (Å²) in [5.74, 6) is 0.258. The number of aromatic nitrogens is 2. The number of hydrogen-bond donors (Lipinski definition) is 0. The molecule has 1 unspecified atom stereocenters. The number of halogens is 3. The van der Waals surface area contributed by atoms with Crippen LogP contribution in [0.5, 0.6) is 0 Å². The van der Waals surface area contributed by atoms with E-state index in [1.54, 1.807) is 4.90 Å². The van der Waals surface area contributed by atoms with Crippen LogP contribution in [0, 0.1) is 12.8 Å². The number of ketones is 1. The van der Waals surface area contributed by atoms with E-state index in [0.717, 1.165) is 6.07 Å². The molecule has 0 spiro atoms. The van der Waals surface area contributed by atoms with E-state index in [0.29, 0.717) is 19.5 Å². The van der Waals surface area contributed by atoms with Crippen molar-refractivity contribution in [2.75, 3.05) is 18.0 Å². The van der Waals surface area contributed by atoms with E-state index in [4.69, 9.17) is 0 Å². The van der Waals surface area contributed by atoms with Crippen molar-refractivity contribution < 1.29 is 18.0 Å². The normalized spacial score (nSPS) is 19.8. The second-order valence-corrected chi connectivity index (χ2v) is 4.70. The van der Waals surface area contributed by atoms with Crippen molar-refractivity contribution in [3.05, 3.63) is 17.6 Å². The first-order valence-electron chi connectivity index (χ1n) is 5.95. The van der Waals surface area contributed by atoms with Crippen LogP contribution in [-0.4, -0.2) is 28.8 Å². The maximum absolute atomic E-state index is 12.7. The number of alkyl halides is 3. The van der Waals surface area contributed by atoms with E-state index in [9.17, 15) is 18.0 Å². The molecule has 1 fully saturated rings. The SMILES string of the molecule is CC(=O)C1CCN(c2cc(C(F)(F)F)nc(C)n2)C1. The Hall–Kier alpha value is -1.66. The third-order valence-electron chi connectivity index (χ3n) is 3.20. The Morgan fingerprint density at radius 3 is 2.63 bits per heavy atom. The molecular weight excluding hydrogens is 259 g/mol. The summed E-state index contributed by atoms with van der Waals surface area (Å²) in [6, 6.07) is 0.940. The molecule has 2 heterocycles. The van der Waals surface area contributed by atoms with E-state index in [1.165, 1.54) is 13.8 Å². The summed E-state index contributed by atoms with van der Waals surface area (Å²) >= 11 is 0. The number of aryl methyl sites for hydroxylation is 1. The van der Waals surface area contributed by atoms with Gasteiger partial charge >= 0.3 is 6.18 Å². The molecule has 7 heteroatoms. The predicted octanol–water partition coefficient (Wildman–Crippen LogP) is 2.22. The molecular formula is C12H14F3N3O. The fraction of sp³-hybridized carbons (Fsp3) is 0.583. The molecule has 4 nitrogen and oxygen atoms in total. The van der Waals surface area contributed by atoms with E-state index in [1.807, 2.05) is 0 Å². The van der Waals surface area contributed by atoms with E-state index in [-0.39, 0.29) is 23.3 Å². The molecule has 2 rings (SSSR count). The molecule has 0 aliphatic carbocycles. The highest BCUT2D eigenvalue weighted by atomic mass is 19.4. The first kappa shape index (κ1) is 13.8. The number of carbonyl (C=O) groups excluding carboxylic acids is 1. The van der Waals surface area contributed by atoms with Gasteiger partial charge in [-0.2, -0.15) is 13.2 Å². The first-order valence-corrected chi connectivity index (χ1v) is 5.95. The van der Waals surface area contributed by atoms with Crippen molar-refractivity contribution in [3.8, 4) is 0 Å². The lowest BCUT2D eigenvalue weighted by Crippen LogP contribution is -2.24. The van der Waals surface area contributed by atoms with Gasteiger partial charge in [0.25, 0.3) is 0 Å². The van der Waals surface area contributed by atoms with Crippen LogP contribution >= 0.6 is 0 Å². The van der Waals surface area contributed by atoms with Crippen molar-refractivity contribution in [3.63, 3.8) is 0 Å². The molecule has 0 amide bonds. The molecule has 0 saturated carbocycles. The van der Waals surface area contributed by atoms with E-state index >= 15 is 0 Å². The smallest absolute Gasteiger partial charge is 0.356 e. The fourth-order valence-corrected chi connectivity index (χ4v) is 2.16. The minimum absolute atomic E-state index is 0.0596. The van der Waals surface area contributed by atoms with Gasteiger partial charge in [0.05, 0.1) is 0 Å². The maximum Gasteiger partial charge on any atom is 0.433 e. The van der Waals surface area contributed by atoms with E-state index < -0.39 is 11.9 Å². The van der Waals surface area contributed by atoms with Gasteiger partial charge < -0.3 is 4.90 Å². The van der Waals surface area contributed by atoms with Gasteiger partial charge in [-0.1, -0.05) is 0 Å². The highest BCUT2D eigenvalue weighted by Gasteiger charge is 2.35. The second-order valence-electron chi connectivity index (χ2n) is 4.70. The standard InChI is InChI=1S/C12H14F3N3O/c1-7(19)9-3-4-18(6-9)11-5-10(12(13,14)15)16-8(2)17-11/h5,9H,3-4,6H2,1-2H3. The van der Waals surface area contributed by atoms with Gasteiger partial charge in [0.15, 0.2) is 0 Å². The quantitative estimate of drug-likeness (QED) is 0.829. The zero-order chi connectivity index (χ0) is 14.2. The number of anilines is 1. The molecule has 1 aliphatic rings. The molecule has 1 saturated heterocycles. The topological polar surface area (TPSA) is 46.1 Å². The third-order valence-corrected chi connectivity index (χ3v) is 3.20. The molecule has 0 N–H and O–H groups in total. The van der Waals surface area contributed by atoms with Crippen molar-refractivity contribution >= 4 is 11.6 Å².